The number of carboxylic acid groups (broad SMARTS) is 1. The number of carboxylic acids is 1. The third-order valence-electron chi connectivity index (χ3n) is 2.72. The number of anilines is 1. The van der Waals surface area contributed by atoms with Crippen LogP contribution in [0.25, 0.3) is 0 Å². The van der Waals surface area contributed by atoms with E-state index in [1.165, 1.54) is 11.8 Å². The zero-order valence-electron chi connectivity index (χ0n) is 11.5. The Kier molecular flexibility index (Phi) is 4.98. The molecule has 0 saturated carbocycles. The van der Waals surface area contributed by atoms with E-state index >= 15 is 0 Å². The molecule has 0 atom stereocenters. The highest BCUT2D eigenvalue weighted by Gasteiger charge is 2.15. The van der Waals surface area contributed by atoms with Crippen molar-refractivity contribution in [2.75, 3.05) is 11.1 Å². The van der Waals surface area contributed by atoms with Crippen LogP contribution in [-0.2, 0) is 4.79 Å². The smallest absolute Gasteiger partial charge is 0.347 e. The number of aromatic nitrogens is 1. The Hall–Kier alpha value is -1.86. The topological polar surface area (TPSA) is 79.3 Å². The molecule has 0 unspecified atom stereocenters. The van der Waals surface area contributed by atoms with Crippen molar-refractivity contribution in [1.82, 2.24) is 4.98 Å². The predicted molar refractivity (Wildman–Crippen MR) is 84.3 cm³/mol. The summed E-state index contributed by atoms with van der Waals surface area (Å²) in [5, 5.41) is 11.8. The van der Waals surface area contributed by atoms with Crippen molar-refractivity contribution in [3.8, 4) is 0 Å². The van der Waals surface area contributed by atoms with Crippen molar-refractivity contribution in [2.45, 2.75) is 18.2 Å². The van der Waals surface area contributed by atoms with Crippen molar-refractivity contribution < 1.29 is 14.7 Å². The van der Waals surface area contributed by atoms with Gasteiger partial charge in [-0.2, -0.15) is 0 Å². The van der Waals surface area contributed by atoms with Gasteiger partial charge in [-0.05, 0) is 25.5 Å². The van der Waals surface area contributed by atoms with Crippen LogP contribution in [0.4, 0.5) is 5.69 Å². The second-order valence-corrected chi connectivity index (χ2v) is 6.57. The fourth-order valence-electron chi connectivity index (χ4n) is 1.66. The van der Waals surface area contributed by atoms with Gasteiger partial charge in [-0.15, -0.1) is 11.3 Å². The molecule has 2 aromatic rings. The Morgan fingerprint density at radius 3 is 2.67 bits per heavy atom. The van der Waals surface area contributed by atoms with Crippen molar-refractivity contribution in [1.29, 1.82) is 0 Å². The van der Waals surface area contributed by atoms with Gasteiger partial charge < -0.3 is 10.4 Å². The average molecular weight is 322 g/mol. The highest BCUT2D eigenvalue weighted by atomic mass is 32.2. The molecule has 0 aliphatic heterocycles. The maximum atomic E-state index is 11.9. The molecule has 0 spiro atoms. The molecule has 0 aliphatic carbocycles. The Labute approximate surface area is 130 Å². The molecule has 1 aromatic carbocycles. The van der Waals surface area contributed by atoms with Gasteiger partial charge in [0, 0.05) is 5.69 Å². The molecule has 1 heterocycles. The molecular weight excluding hydrogens is 308 g/mol. The Morgan fingerprint density at radius 2 is 2.05 bits per heavy atom. The number of nitrogens with one attached hydrogen (secondary N) is 1. The van der Waals surface area contributed by atoms with Gasteiger partial charge >= 0.3 is 5.97 Å². The molecule has 0 bridgehead atoms. The highest BCUT2D eigenvalue weighted by Crippen LogP contribution is 2.27. The number of para-hydroxylation sites is 1. The van der Waals surface area contributed by atoms with Gasteiger partial charge in [0.15, 0.2) is 4.34 Å². The highest BCUT2D eigenvalue weighted by molar-refractivity contribution is 8.01. The minimum atomic E-state index is -0.985. The van der Waals surface area contributed by atoms with Crippen LogP contribution in [0.1, 0.15) is 20.9 Å². The fourth-order valence-corrected chi connectivity index (χ4v) is 3.49. The van der Waals surface area contributed by atoms with E-state index in [0.29, 0.717) is 10.0 Å². The van der Waals surface area contributed by atoms with Crippen LogP contribution >= 0.6 is 23.1 Å². The lowest BCUT2D eigenvalue weighted by Crippen LogP contribution is -2.14. The first-order chi connectivity index (χ1) is 9.97. The molecule has 21 heavy (non-hydrogen) atoms. The van der Waals surface area contributed by atoms with E-state index in [9.17, 15) is 9.59 Å². The van der Waals surface area contributed by atoms with Crippen molar-refractivity contribution in [3.63, 3.8) is 0 Å². The third-order valence-corrected chi connectivity index (χ3v) is 5.01. The van der Waals surface area contributed by atoms with E-state index in [1.807, 2.05) is 31.2 Å². The maximum absolute atomic E-state index is 11.9. The number of hydrogen-bond acceptors (Lipinski definition) is 5. The second-order valence-electron chi connectivity index (χ2n) is 4.35. The van der Waals surface area contributed by atoms with Gasteiger partial charge in [-0.3, -0.25) is 4.79 Å². The van der Waals surface area contributed by atoms with Gasteiger partial charge in [-0.1, -0.05) is 30.0 Å². The molecule has 0 radical (unpaired) electrons. The normalized spacial score (nSPS) is 10.4. The first kappa shape index (κ1) is 15.5. The molecule has 2 N–H and O–H groups in total. The molecule has 0 aliphatic rings. The number of benzene rings is 1. The van der Waals surface area contributed by atoms with Crippen LogP contribution in [0.5, 0.6) is 0 Å². The molecular formula is C14H14N2O3S2. The number of thiazole rings is 1. The fraction of sp³-hybridized carbons (Fsp3) is 0.214. The van der Waals surface area contributed by atoms with Crippen LogP contribution in [0.2, 0.25) is 0 Å². The van der Waals surface area contributed by atoms with Gasteiger partial charge in [0.1, 0.15) is 4.88 Å². The molecule has 5 nitrogen and oxygen atoms in total. The van der Waals surface area contributed by atoms with Crippen LogP contribution in [0.15, 0.2) is 28.6 Å². The summed E-state index contributed by atoms with van der Waals surface area (Å²) >= 11 is 2.33. The zero-order valence-corrected chi connectivity index (χ0v) is 13.2. The minimum absolute atomic E-state index is 0.140. The summed E-state index contributed by atoms with van der Waals surface area (Å²) in [4.78, 5) is 27.2. The van der Waals surface area contributed by atoms with Crippen LogP contribution in [0, 0.1) is 13.8 Å². The zero-order chi connectivity index (χ0) is 15.4. The van der Waals surface area contributed by atoms with Crippen molar-refractivity contribution in [2.24, 2.45) is 0 Å². The van der Waals surface area contributed by atoms with Crippen molar-refractivity contribution >= 4 is 40.7 Å². The van der Waals surface area contributed by atoms with Crippen molar-refractivity contribution in [3.05, 3.63) is 40.4 Å². The number of carbonyl (C=O) groups excluding carboxylic acids is 1. The lowest BCUT2D eigenvalue weighted by molar-refractivity contribution is -0.113. The second kappa shape index (κ2) is 6.73. The lowest BCUT2D eigenvalue weighted by Gasteiger charge is -2.06. The lowest BCUT2D eigenvalue weighted by atomic mass is 10.2. The SMILES string of the molecule is Cc1ccccc1NC(=O)CSc1nc(C)c(C(=O)O)s1. The number of aromatic carboxylic acids is 1. The van der Waals surface area contributed by atoms with Crippen LogP contribution in [0.3, 0.4) is 0 Å². The Bertz CT molecular complexity index is 683. The summed E-state index contributed by atoms with van der Waals surface area (Å²) in [5.74, 6) is -0.930. The molecule has 1 aromatic heterocycles. The molecule has 1 amide bonds. The number of nitrogens with zero attached hydrogens (tertiary/aromatic N) is 1. The Morgan fingerprint density at radius 1 is 1.33 bits per heavy atom. The number of hydrogen-bond donors (Lipinski definition) is 2. The number of carbonyl (C=O) groups is 2. The van der Waals surface area contributed by atoms with E-state index in [0.717, 1.165) is 22.6 Å². The molecule has 0 saturated heterocycles. The summed E-state index contributed by atoms with van der Waals surface area (Å²) in [6, 6.07) is 7.53. The maximum Gasteiger partial charge on any atom is 0.347 e. The number of amides is 1. The summed E-state index contributed by atoms with van der Waals surface area (Å²) in [5.41, 5.74) is 2.26. The summed E-state index contributed by atoms with van der Waals surface area (Å²) < 4.78 is 0.588. The molecule has 110 valence electrons. The van der Waals surface area contributed by atoms with Crippen LogP contribution in [-0.4, -0.2) is 27.7 Å². The third kappa shape index (κ3) is 4.05. The number of aryl methyl sites for hydroxylation is 2. The summed E-state index contributed by atoms with van der Waals surface area (Å²) in [6.45, 7) is 3.57. The van der Waals surface area contributed by atoms with E-state index in [2.05, 4.69) is 10.3 Å². The van der Waals surface area contributed by atoms with E-state index in [4.69, 9.17) is 5.11 Å². The van der Waals surface area contributed by atoms with E-state index < -0.39 is 5.97 Å². The summed E-state index contributed by atoms with van der Waals surface area (Å²) in [7, 11) is 0. The standard InChI is InChI=1S/C14H14N2O3S2/c1-8-5-3-4-6-10(8)16-11(17)7-20-14-15-9(2)12(21-14)13(18)19/h3-6H,7H2,1-2H3,(H,16,17)(H,18,19). The van der Waals surface area contributed by atoms with E-state index in [-0.39, 0.29) is 16.5 Å². The minimum Gasteiger partial charge on any atom is -0.477 e. The van der Waals surface area contributed by atoms with Crippen LogP contribution < -0.4 is 5.32 Å². The quantitative estimate of drug-likeness (QED) is 0.827. The largest absolute Gasteiger partial charge is 0.477 e. The molecule has 0 fully saturated rings. The summed E-state index contributed by atoms with van der Waals surface area (Å²) in [6.07, 6.45) is 0. The first-order valence-corrected chi connectivity index (χ1v) is 7.96. The number of thioether (sulfide) groups is 1. The van der Waals surface area contributed by atoms with Gasteiger partial charge in [0.2, 0.25) is 5.91 Å². The molecule has 2 rings (SSSR count). The Balaban J connectivity index is 1.94. The monoisotopic (exact) mass is 322 g/mol. The van der Waals surface area contributed by atoms with Gasteiger partial charge in [-0.25, -0.2) is 9.78 Å². The van der Waals surface area contributed by atoms with Gasteiger partial charge in [0.05, 0.1) is 11.4 Å². The predicted octanol–water partition coefficient (Wildman–Crippen LogP) is 3.19. The molecule has 7 heteroatoms. The number of rotatable bonds is 5. The average Bonchev–Trinajstić information content (AvgIpc) is 2.80. The first-order valence-electron chi connectivity index (χ1n) is 6.16. The van der Waals surface area contributed by atoms with Gasteiger partial charge in [0.25, 0.3) is 0 Å². The van der Waals surface area contributed by atoms with E-state index in [1.54, 1.807) is 6.92 Å².